The number of methoxy groups -OCH3 is 2. The van der Waals surface area contributed by atoms with E-state index in [9.17, 15) is 9.59 Å². The molecule has 3 rings (SSSR count). The summed E-state index contributed by atoms with van der Waals surface area (Å²) in [6.45, 7) is 4.96. The molecule has 2 aromatic carbocycles. The van der Waals surface area contributed by atoms with Crippen LogP contribution in [-0.2, 0) is 4.79 Å². The molecule has 30 heavy (non-hydrogen) atoms. The van der Waals surface area contributed by atoms with E-state index in [0.29, 0.717) is 47.3 Å². The summed E-state index contributed by atoms with van der Waals surface area (Å²) in [4.78, 5) is 27.7. The molecule has 1 aliphatic rings. The monoisotopic (exact) mass is 430 g/mol. The van der Waals surface area contributed by atoms with Crippen LogP contribution in [0.3, 0.4) is 0 Å². The summed E-state index contributed by atoms with van der Waals surface area (Å²) in [5.74, 6) is 0.415. The Morgan fingerprint density at radius 3 is 2.40 bits per heavy atom. The second-order valence-corrected chi connectivity index (χ2v) is 8.05. The number of piperidine rings is 1. The second kappa shape index (κ2) is 9.39. The van der Waals surface area contributed by atoms with Crippen molar-refractivity contribution in [2.45, 2.75) is 26.7 Å². The van der Waals surface area contributed by atoms with Gasteiger partial charge in [0.25, 0.3) is 5.91 Å². The van der Waals surface area contributed by atoms with Crippen molar-refractivity contribution in [3.63, 3.8) is 0 Å². The van der Waals surface area contributed by atoms with E-state index < -0.39 is 0 Å². The number of anilines is 1. The number of hydrogen-bond donors (Lipinski definition) is 1. The van der Waals surface area contributed by atoms with E-state index >= 15 is 0 Å². The lowest BCUT2D eigenvalue weighted by atomic mass is 9.96. The van der Waals surface area contributed by atoms with Gasteiger partial charge in [0, 0.05) is 30.8 Å². The van der Waals surface area contributed by atoms with Gasteiger partial charge in [0.05, 0.1) is 25.2 Å². The number of nitrogens with one attached hydrogen (secondary N) is 1. The maximum atomic E-state index is 13.0. The van der Waals surface area contributed by atoms with Crippen LogP contribution in [0.4, 0.5) is 5.69 Å². The van der Waals surface area contributed by atoms with Crippen molar-refractivity contribution in [3.8, 4) is 11.5 Å². The number of likely N-dealkylation sites (tertiary alicyclic amines) is 1. The van der Waals surface area contributed by atoms with Crippen LogP contribution in [0.25, 0.3) is 0 Å². The van der Waals surface area contributed by atoms with Gasteiger partial charge in [-0.2, -0.15) is 0 Å². The molecule has 7 heteroatoms. The quantitative estimate of drug-likeness (QED) is 0.760. The summed E-state index contributed by atoms with van der Waals surface area (Å²) in [5, 5.41) is 3.21. The van der Waals surface area contributed by atoms with Crippen molar-refractivity contribution in [2.75, 3.05) is 32.6 Å². The van der Waals surface area contributed by atoms with E-state index in [-0.39, 0.29) is 17.7 Å². The van der Waals surface area contributed by atoms with Crippen LogP contribution < -0.4 is 14.8 Å². The lowest BCUT2D eigenvalue weighted by Gasteiger charge is -2.32. The molecular formula is C23H27ClN2O4. The average Bonchev–Trinajstić information content (AvgIpc) is 2.73. The number of carbonyl (C=O) groups is 2. The van der Waals surface area contributed by atoms with E-state index in [1.807, 2.05) is 32.0 Å². The van der Waals surface area contributed by atoms with Gasteiger partial charge in [-0.1, -0.05) is 28.8 Å². The summed E-state index contributed by atoms with van der Waals surface area (Å²) in [5.41, 5.74) is 3.16. The summed E-state index contributed by atoms with van der Waals surface area (Å²) in [7, 11) is 3.04. The largest absolute Gasteiger partial charge is 0.497 e. The topological polar surface area (TPSA) is 67.9 Å². The van der Waals surface area contributed by atoms with Gasteiger partial charge in [0.1, 0.15) is 17.2 Å². The van der Waals surface area contributed by atoms with Gasteiger partial charge in [-0.15, -0.1) is 0 Å². The molecule has 1 fully saturated rings. The number of aryl methyl sites for hydroxylation is 2. The first-order chi connectivity index (χ1) is 14.3. The smallest absolute Gasteiger partial charge is 0.253 e. The molecule has 160 valence electrons. The molecule has 0 bridgehead atoms. The Balaban J connectivity index is 1.74. The second-order valence-electron chi connectivity index (χ2n) is 7.64. The molecule has 0 aliphatic carbocycles. The van der Waals surface area contributed by atoms with Gasteiger partial charge < -0.3 is 19.7 Å². The third-order valence-corrected chi connectivity index (χ3v) is 5.58. The normalized spacial score (nSPS) is 16.2. The number of halogens is 1. The highest BCUT2D eigenvalue weighted by Gasteiger charge is 2.30. The van der Waals surface area contributed by atoms with Gasteiger partial charge in [-0.05, 0) is 38.8 Å². The predicted octanol–water partition coefficient (Wildman–Crippen LogP) is 4.46. The first-order valence-electron chi connectivity index (χ1n) is 9.92. The lowest BCUT2D eigenvalue weighted by Crippen LogP contribution is -2.43. The first kappa shape index (κ1) is 22.0. The molecule has 0 saturated carbocycles. The standard InChI is InChI=1S/C23H27ClN2O4/c1-14-8-15(2)10-17(9-14)23(28)26-7-5-6-16(13-26)22(27)25-21-19(24)11-18(29-3)12-20(21)30-4/h8-12,16H,5-7,13H2,1-4H3,(H,25,27). The average molecular weight is 431 g/mol. The third-order valence-electron chi connectivity index (χ3n) is 5.28. The number of carbonyl (C=O) groups excluding carboxylic acids is 2. The molecule has 0 radical (unpaired) electrons. The van der Waals surface area contributed by atoms with Crippen LogP contribution in [0.15, 0.2) is 30.3 Å². The summed E-state index contributed by atoms with van der Waals surface area (Å²) < 4.78 is 10.5. The van der Waals surface area contributed by atoms with Crippen LogP contribution in [0.1, 0.15) is 34.3 Å². The number of nitrogens with zero attached hydrogens (tertiary/aromatic N) is 1. The molecule has 0 spiro atoms. The summed E-state index contributed by atoms with van der Waals surface area (Å²) in [6.07, 6.45) is 1.47. The Morgan fingerprint density at radius 2 is 1.77 bits per heavy atom. The number of hydrogen-bond acceptors (Lipinski definition) is 4. The van der Waals surface area contributed by atoms with Crippen molar-refractivity contribution in [1.29, 1.82) is 0 Å². The summed E-state index contributed by atoms with van der Waals surface area (Å²) >= 11 is 6.32. The van der Waals surface area contributed by atoms with Gasteiger partial charge in [-0.25, -0.2) is 0 Å². The Labute approximate surface area is 182 Å². The molecule has 2 aromatic rings. The van der Waals surface area contributed by atoms with Crippen molar-refractivity contribution >= 4 is 29.1 Å². The van der Waals surface area contributed by atoms with E-state index in [2.05, 4.69) is 5.32 Å². The molecule has 1 saturated heterocycles. The Bertz CT molecular complexity index is 940. The molecule has 1 N–H and O–H groups in total. The van der Waals surface area contributed by atoms with Gasteiger partial charge in [-0.3, -0.25) is 9.59 Å². The highest BCUT2D eigenvalue weighted by molar-refractivity contribution is 6.34. The minimum Gasteiger partial charge on any atom is -0.497 e. The molecule has 1 unspecified atom stereocenters. The minimum absolute atomic E-state index is 0.0423. The van der Waals surface area contributed by atoms with Crippen LogP contribution in [0.5, 0.6) is 11.5 Å². The zero-order valence-electron chi connectivity index (χ0n) is 17.8. The van der Waals surface area contributed by atoms with E-state index in [1.165, 1.54) is 14.2 Å². The lowest BCUT2D eigenvalue weighted by molar-refractivity contribution is -0.121. The Morgan fingerprint density at radius 1 is 1.07 bits per heavy atom. The van der Waals surface area contributed by atoms with Crippen LogP contribution >= 0.6 is 11.6 Å². The van der Waals surface area contributed by atoms with Crippen molar-refractivity contribution in [2.24, 2.45) is 5.92 Å². The third kappa shape index (κ3) is 4.87. The number of benzene rings is 2. The Hall–Kier alpha value is -2.73. The molecule has 6 nitrogen and oxygen atoms in total. The highest BCUT2D eigenvalue weighted by Crippen LogP contribution is 2.37. The zero-order chi connectivity index (χ0) is 21.8. The summed E-state index contributed by atoms with van der Waals surface area (Å²) in [6, 6.07) is 9.10. The minimum atomic E-state index is -0.323. The predicted molar refractivity (Wildman–Crippen MR) is 118 cm³/mol. The Kier molecular flexibility index (Phi) is 6.87. The molecule has 1 heterocycles. The maximum absolute atomic E-state index is 13.0. The highest BCUT2D eigenvalue weighted by atomic mass is 35.5. The molecule has 1 aliphatic heterocycles. The van der Waals surface area contributed by atoms with Crippen molar-refractivity contribution in [3.05, 3.63) is 52.0 Å². The molecule has 0 aromatic heterocycles. The van der Waals surface area contributed by atoms with Gasteiger partial charge in [0.15, 0.2) is 0 Å². The van der Waals surface area contributed by atoms with Crippen LogP contribution in [0.2, 0.25) is 5.02 Å². The molecule has 2 amide bonds. The van der Waals surface area contributed by atoms with Crippen molar-refractivity contribution < 1.29 is 19.1 Å². The van der Waals surface area contributed by atoms with Gasteiger partial charge >= 0.3 is 0 Å². The van der Waals surface area contributed by atoms with Gasteiger partial charge in [0.2, 0.25) is 5.91 Å². The number of ether oxygens (including phenoxy) is 2. The zero-order valence-corrected chi connectivity index (χ0v) is 18.5. The van der Waals surface area contributed by atoms with Crippen LogP contribution in [0, 0.1) is 19.8 Å². The van der Waals surface area contributed by atoms with E-state index in [1.54, 1.807) is 17.0 Å². The SMILES string of the molecule is COc1cc(Cl)c(NC(=O)C2CCCN(C(=O)c3cc(C)cc(C)c3)C2)c(OC)c1. The van der Waals surface area contributed by atoms with E-state index in [0.717, 1.165) is 17.5 Å². The fourth-order valence-electron chi connectivity index (χ4n) is 3.84. The van der Waals surface area contributed by atoms with Crippen LogP contribution in [-0.4, -0.2) is 44.0 Å². The molecular weight excluding hydrogens is 404 g/mol. The van der Waals surface area contributed by atoms with E-state index in [4.69, 9.17) is 21.1 Å². The number of amides is 2. The maximum Gasteiger partial charge on any atom is 0.253 e. The first-order valence-corrected chi connectivity index (χ1v) is 10.3. The fraction of sp³-hybridized carbons (Fsp3) is 0.391. The number of rotatable bonds is 5. The molecule has 1 atom stereocenters. The van der Waals surface area contributed by atoms with Crippen molar-refractivity contribution in [1.82, 2.24) is 4.90 Å². The fourth-order valence-corrected chi connectivity index (χ4v) is 4.09.